The second kappa shape index (κ2) is 9.37. The van der Waals surface area contributed by atoms with Crippen molar-refractivity contribution in [1.29, 1.82) is 0 Å². The molecule has 0 bridgehead atoms. The number of rotatable bonds is 9. The average molecular weight is 372 g/mol. The Morgan fingerprint density at radius 1 is 1.35 bits per heavy atom. The van der Waals surface area contributed by atoms with Gasteiger partial charge in [-0.05, 0) is 44.9 Å². The molecule has 1 fully saturated rings. The standard InChI is InChI=1S/C19H27F3N2O2/c1-14(2)26-11-10-24-17(6-7-18(24)25)8-9-23-13-15-4-3-5-16(12-15)19(20,21)22/h3-5,12,14,17,23H,6-11,13H2,1-2H3. The van der Waals surface area contributed by atoms with Crippen LogP contribution in [-0.2, 0) is 22.3 Å². The molecule has 1 heterocycles. The van der Waals surface area contributed by atoms with Gasteiger partial charge in [0.1, 0.15) is 0 Å². The van der Waals surface area contributed by atoms with E-state index in [0.717, 1.165) is 18.9 Å². The summed E-state index contributed by atoms with van der Waals surface area (Å²) in [5, 5.41) is 3.18. The van der Waals surface area contributed by atoms with Crippen molar-refractivity contribution >= 4 is 5.91 Å². The lowest BCUT2D eigenvalue weighted by molar-refractivity contribution is -0.137. The quantitative estimate of drug-likeness (QED) is 0.674. The number of nitrogens with zero attached hydrogens (tertiary/aromatic N) is 1. The van der Waals surface area contributed by atoms with Crippen LogP contribution in [0.2, 0.25) is 0 Å². The van der Waals surface area contributed by atoms with Gasteiger partial charge in [0.2, 0.25) is 5.91 Å². The van der Waals surface area contributed by atoms with Crippen LogP contribution < -0.4 is 5.32 Å². The molecule has 1 N–H and O–H groups in total. The van der Waals surface area contributed by atoms with Crippen molar-refractivity contribution in [3.8, 4) is 0 Å². The van der Waals surface area contributed by atoms with E-state index in [4.69, 9.17) is 4.74 Å². The molecule has 7 heteroatoms. The second-order valence-corrected chi connectivity index (χ2v) is 6.86. The first kappa shape index (κ1) is 20.7. The van der Waals surface area contributed by atoms with Crippen LogP contribution in [0.3, 0.4) is 0 Å². The van der Waals surface area contributed by atoms with Gasteiger partial charge in [0.15, 0.2) is 0 Å². The summed E-state index contributed by atoms with van der Waals surface area (Å²) in [7, 11) is 0. The molecule has 0 spiro atoms. The number of amides is 1. The molecule has 1 aliphatic heterocycles. The van der Waals surface area contributed by atoms with Crippen LogP contribution in [0.5, 0.6) is 0 Å². The van der Waals surface area contributed by atoms with Gasteiger partial charge in [-0.3, -0.25) is 4.79 Å². The van der Waals surface area contributed by atoms with Crippen molar-refractivity contribution in [3.63, 3.8) is 0 Å². The minimum absolute atomic E-state index is 0.139. The number of alkyl halides is 3. The van der Waals surface area contributed by atoms with Gasteiger partial charge < -0.3 is 15.0 Å². The molecule has 0 saturated carbocycles. The Morgan fingerprint density at radius 2 is 2.12 bits per heavy atom. The number of hydrogen-bond acceptors (Lipinski definition) is 3. The highest BCUT2D eigenvalue weighted by Crippen LogP contribution is 2.29. The first-order valence-corrected chi connectivity index (χ1v) is 9.05. The number of carbonyl (C=O) groups excluding carboxylic acids is 1. The van der Waals surface area contributed by atoms with E-state index in [1.54, 1.807) is 6.07 Å². The molecule has 146 valence electrons. The Hall–Kier alpha value is -1.60. The first-order valence-electron chi connectivity index (χ1n) is 9.05. The Morgan fingerprint density at radius 3 is 2.81 bits per heavy atom. The maximum absolute atomic E-state index is 12.7. The molecule has 4 nitrogen and oxygen atoms in total. The average Bonchev–Trinajstić information content (AvgIpc) is 2.91. The number of nitrogens with one attached hydrogen (secondary N) is 1. The third-order valence-corrected chi connectivity index (χ3v) is 4.47. The van der Waals surface area contributed by atoms with Crippen LogP contribution in [0.1, 0.15) is 44.2 Å². The molecule has 1 unspecified atom stereocenters. The zero-order valence-corrected chi connectivity index (χ0v) is 15.3. The SMILES string of the molecule is CC(C)OCCN1C(=O)CCC1CCNCc1cccc(C(F)(F)F)c1. The molecule has 1 amide bonds. The van der Waals surface area contributed by atoms with Crippen LogP contribution in [0, 0.1) is 0 Å². The van der Waals surface area contributed by atoms with Crippen LogP contribution in [-0.4, -0.2) is 42.6 Å². The topological polar surface area (TPSA) is 41.6 Å². The minimum Gasteiger partial charge on any atom is -0.377 e. The van der Waals surface area contributed by atoms with Gasteiger partial charge in [-0.15, -0.1) is 0 Å². The smallest absolute Gasteiger partial charge is 0.377 e. The number of benzene rings is 1. The fraction of sp³-hybridized carbons (Fsp3) is 0.632. The van der Waals surface area contributed by atoms with Gasteiger partial charge in [-0.1, -0.05) is 18.2 Å². The number of likely N-dealkylation sites (tertiary alicyclic amines) is 1. The molecule has 0 radical (unpaired) electrons. The van der Waals surface area contributed by atoms with Crippen molar-refractivity contribution in [2.45, 2.75) is 58.0 Å². The van der Waals surface area contributed by atoms with Gasteiger partial charge >= 0.3 is 6.18 Å². The highest BCUT2D eigenvalue weighted by atomic mass is 19.4. The zero-order valence-electron chi connectivity index (χ0n) is 15.3. The number of halogens is 3. The largest absolute Gasteiger partial charge is 0.416 e. The van der Waals surface area contributed by atoms with Crippen molar-refractivity contribution in [2.75, 3.05) is 19.7 Å². The van der Waals surface area contributed by atoms with Crippen molar-refractivity contribution in [1.82, 2.24) is 10.2 Å². The summed E-state index contributed by atoms with van der Waals surface area (Å²) in [6, 6.07) is 5.52. The maximum atomic E-state index is 12.7. The third kappa shape index (κ3) is 6.29. The van der Waals surface area contributed by atoms with Gasteiger partial charge in [0, 0.05) is 25.6 Å². The van der Waals surface area contributed by atoms with Crippen LogP contribution in [0.4, 0.5) is 13.2 Å². The highest BCUT2D eigenvalue weighted by molar-refractivity contribution is 5.78. The van der Waals surface area contributed by atoms with Gasteiger partial charge in [-0.2, -0.15) is 13.2 Å². The third-order valence-electron chi connectivity index (χ3n) is 4.47. The predicted molar refractivity (Wildman–Crippen MR) is 93.6 cm³/mol. The van der Waals surface area contributed by atoms with E-state index in [-0.39, 0.29) is 18.1 Å². The fourth-order valence-corrected chi connectivity index (χ4v) is 3.15. The maximum Gasteiger partial charge on any atom is 0.416 e. The minimum atomic E-state index is -4.32. The Labute approximate surface area is 152 Å². The second-order valence-electron chi connectivity index (χ2n) is 6.86. The summed E-state index contributed by atoms with van der Waals surface area (Å²) in [5.74, 6) is 0.153. The molecule has 0 aliphatic carbocycles. The molecule has 1 aliphatic rings. The summed E-state index contributed by atoms with van der Waals surface area (Å²) >= 11 is 0. The van der Waals surface area contributed by atoms with E-state index in [1.165, 1.54) is 12.1 Å². The number of hydrogen-bond donors (Lipinski definition) is 1. The van der Waals surface area contributed by atoms with Crippen LogP contribution in [0.15, 0.2) is 24.3 Å². The van der Waals surface area contributed by atoms with E-state index < -0.39 is 11.7 Å². The van der Waals surface area contributed by atoms with Crippen LogP contribution in [0.25, 0.3) is 0 Å². The lowest BCUT2D eigenvalue weighted by atomic mass is 10.1. The molecule has 0 aromatic heterocycles. The Bertz CT molecular complexity index is 590. The Balaban J connectivity index is 1.75. The lowest BCUT2D eigenvalue weighted by Crippen LogP contribution is -2.37. The van der Waals surface area contributed by atoms with Crippen molar-refractivity contribution in [3.05, 3.63) is 35.4 Å². The first-order chi connectivity index (χ1) is 12.3. The monoisotopic (exact) mass is 372 g/mol. The summed E-state index contributed by atoms with van der Waals surface area (Å²) in [6.07, 6.45) is -2.02. The zero-order chi connectivity index (χ0) is 19.2. The van der Waals surface area contributed by atoms with E-state index in [0.29, 0.717) is 38.2 Å². The summed E-state index contributed by atoms with van der Waals surface area (Å²) < 4.78 is 43.7. The van der Waals surface area contributed by atoms with Gasteiger partial charge in [-0.25, -0.2) is 0 Å². The summed E-state index contributed by atoms with van der Waals surface area (Å²) in [4.78, 5) is 13.9. The van der Waals surface area contributed by atoms with E-state index in [1.807, 2.05) is 18.7 Å². The van der Waals surface area contributed by atoms with Gasteiger partial charge in [0.05, 0.1) is 18.3 Å². The number of ether oxygens (including phenoxy) is 1. The van der Waals surface area contributed by atoms with Crippen LogP contribution >= 0.6 is 0 Å². The molecule has 26 heavy (non-hydrogen) atoms. The molecule has 1 atom stereocenters. The van der Waals surface area contributed by atoms with Gasteiger partial charge in [0.25, 0.3) is 0 Å². The normalized spacial score (nSPS) is 18.2. The molecule has 2 rings (SSSR count). The molecule has 1 saturated heterocycles. The van der Waals surface area contributed by atoms with E-state index >= 15 is 0 Å². The lowest BCUT2D eigenvalue weighted by Gasteiger charge is -2.25. The molecule has 1 aromatic carbocycles. The number of carbonyl (C=O) groups is 1. The highest BCUT2D eigenvalue weighted by Gasteiger charge is 2.31. The van der Waals surface area contributed by atoms with E-state index in [2.05, 4.69) is 5.32 Å². The van der Waals surface area contributed by atoms with E-state index in [9.17, 15) is 18.0 Å². The predicted octanol–water partition coefficient (Wildman–Crippen LogP) is 3.60. The Kier molecular flexibility index (Phi) is 7.46. The molecule has 1 aromatic rings. The molecular weight excluding hydrogens is 345 g/mol. The fourth-order valence-electron chi connectivity index (χ4n) is 3.15. The summed E-state index contributed by atoms with van der Waals surface area (Å²) in [6.45, 7) is 6.06. The van der Waals surface area contributed by atoms with Crippen molar-refractivity contribution in [2.24, 2.45) is 0 Å². The molecular formula is C19H27F3N2O2. The van der Waals surface area contributed by atoms with Crippen molar-refractivity contribution < 1.29 is 22.7 Å². The summed E-state index contributed by atoms with van der Waals surface area (Å²) in [5.41, 5.74) is -0.0287.